The van der Waals surface area contributed by atoms with Gasteiger partial charge in [-0.3, -0.25) is 0 Å². The van der Waals surface area contributed by atoms with Crippen molar-refractivity contribution in [1.29, 1.82) is 0 Å². The highest BCUT2D eigenvalue weighted by atomic mass is 16.3. The lowest BCUT2D eigenvalue weighted by molar-refractivity contribution is -0.0958. The van der Waals surface area contributed by atoms with Crippen LogP contribution in [0.2, 0.25) is 0 Å². The Morgan fingerprint density at radius 2 is 2.23 bits per heavy atom. The van der Waals surface area contributed by atoms with E-state index in [1.165, 1.54) is 0 Å². The van der Waals surface area contributed by atoms with Crippen LogP contribution in [0, 0.1) is 5.92 Å². The summed E-state index contributed by atoms with van der Waals surface area (Å²) in [6.45, 7) is 5.36. The predicted molar refractivity (Wildman–Crippen MR) is 50.2 cm³/mol. The first kappa shape index (κ1) is 10.7. The molecule has 1 fully saturated rings. The summed E-state index contributed by atoms with van der Waals surface area (Å²) in [6.07, 6.45) is 1.17. The molecular weight excluding hydrogens is 168 g/mol. The smallest absolute Gasteiger partial charge is 0.0877 e. The first-order valence-corrected chi connectivity index (χ1v) is 4.66. The monoisotopic (exact) mass is 186 g/mol. The van der Waals surface area contributed by atoms with Crippen LogP contribution < -0.4 is 0 Å². The Morgan fingerprint density at radius 3 is 2.69 bits per heavy atom. The number of rotatable bonds is 2. The van der Waals surface area contributed by atoms with E-state index in [4.69, 9.17) is 5.11 Å². The van der Waals surface area contributed by atoms with Gasteiger partial charge in [0.15, 0.2) is 0 Å². The van der Waals surface area contributed by atoms with Gasteiger partial charge in [-0.05, 0) is 37.7 Å². The summed E-state index contributed by atoms with van der Waals surface area (Å²) in [5, 5.41) is 28.1. The topological polar surface area (TPSA) is 60.7 Å². The standard InChI is InChI=1S/C10H18O3/c1-7(6-11)8-3-4-10(2,13)9(12)5-8/h8-9,11-13H,1,3-6H2,2H3/t8-,9?,10?/m0/s1. The van der Waals surface area contributed by atoms with Crippen LogP contribution in [0.15, 0.2) is 12.2 Å². The normalized spacial score (nSPS) is 40.3. The lowest BCUT2D eigenvalue weighted by Crippen LogP contribution is -2.44. The molecule has 0 aromatic rings. The van der Waals surface area contributed by atoms with Crippen LogP contribution in [0.25, 0.3) is 0 Å². The van der Waals surface area contributed by atoms with Gasteiger partial charge in [-0.1, -0.05) is 6.58 Å². The lowest BCUT2D eigenvalue weighted by Gasteiger charge is -2.38. The van der Waals surface area contributed by atoms with E-state index < -0.39 is 11.7 Å². The van der Waals surface area contributed by atoms with Gasteiger partial charge in [0.2, 0.25) is 0 Å². The van der Waals surface area contributed by atoms with Crippen LogP contribution in [-0.4, -0.2) is 33.6 Å². The van der Waals surface area contributed by atoms with Crippen molar-refractivity contribution in [3.05, 3.63) is 12.2 Å². The third-order valence-corrected chi connectivity index (χ3v) is 3.01. The number of aliphatic hydroxyl groups is 3. The first-order chi connectivity index (χ1) is 5.97. The molecule has 0 radical (unpaired) electrons. The molecule has 2 unspecified atom stereocenters. The van der Waals surface area contributed by atoms with Crippen LogP contribution in [0.4, 0.5) is 0 Å². The average molecular weight is 186 g/mol. The van der Waals surface area contributed by atoms with Gasteiger partial charge in [0, 0.05) is 0 Å². The Hall–Kier alpha value is -0.380. The summed E-state index contributed by atoms with van der Waals surface area (Å²) >= 11 is 0. The number of hydrogen-bond donors (Lipinski definition) is 3. The third-order valence-electron chi connectivity index (χ3n) is 3.01. The summed E-state index contributed by atoms with van der Waals surface area (Å²) < 4.78 is 0. The fraction of sp³-hybridized carbons (Fsp3) is 0.800. The second-order valence-electron chi connectivity index (χ2n) is 4.16. The molecule has 0 aromatic heterocycles. The molecule has 3 N–H and O–H groups in total. The van der Waals surface area contributed by atoms with Crippen LogP contribution in [0.5, 0.6) is 0 Å². The van der Waals surface area contributed by atoms with Crippen molar-refractivity contribution in [2.45, 2.75) is 37.9 Å². The Kier molecular flexibility index (Phi) is 3.11. The molecule has 1 saturated carbocycles. The molecule has 0 bridgehead atoms. The van der Waals surface area contributed by atoms with Gasteiger partial charge < -0.3 is 15.3 Å². The van der Waals surface area contributed by atoms with Gasteiger partial charge in [-0.15, -0.1) is 0 Å². The molecule has 0 saturated heterocycles. The molecule has 13 heavy (non-hydrogen) atoms. The van der Waals surface area contributed by atoms with Crippen molar-refractivity contribution in [3.8, 4) is 0 Å². The quantitative estimate of drug-likeness (QED) is 0.549. The van der Waals surface area contributed by atoms with E-state index in [1.54, 1.807) is 6.92 Å². The molecule has 0 heterocycles. The molecule has 0 spiro atoms. The Morgan fingerprint density at radius 1 is 1.62 bits per heavy atom. The van der Waals surface area contributed by atoms with Crippen molar-refractivity contribution < 1.29 is 15.3 Å². The van der Waals surface area contributed by atoms with E-state index in [0.29, 0.717) is 12.8 Å². The minimum absolute atomic E-state index is 0.0282. The zero-order valence-electron chi connectivity index (χ0n) is 8.03. The van der Waals surface area contributed by atoms with Crippen molar-refractivity contribution in [2.75, 3.05) is 6.61 Å². The average Bonchev–Trinajstić information content (AvgIpc) is 2.08. The molecule has 1 aliphatic rings. The Labute approximate surface area is 78.7 Å². The lowest BCUT2D eigenvalue weighted by atomic mass is 9.75. The number of hydrogen-bond acceptors (Lipinski definition) is 3. The van der Waals surface area contributed by atoms with E-state index in [9.17, 15) is 10.2 Å². The minimum atomic E-state index is -0.966. The molecule has 0 aromatic carbocycles. The van der Waals surface area contributed by atoms with Gasteiger partial charge in [0.1, 0.15) is 0 Å². The molecule has 0 amide bonds. The van der Waals surface area contributed by atoms with Crippen molar-refractivity contribution in [2.24, 2.45) is 5.92 Å². The van der Waals surface area contributed by atoms with Crippen molar-refractivity contribution in [3.63, 3.8) is 0 Å². The summed E-state index contributed by atoms with van der Waals surface area (Å²) in [5.74, 6) is 0.153. The minimum Gasteiger partial charge on any atom is -0.392 e. The summed E-state index contributed by atoms with van der Waals surface area (Å²) in [7, 11) is 0. The fourth-order valence-corrected chi connectivity index (χ4v) is 1.77. The highest BCUT2D eigenvalue weighted by Gasteiger charge is 2.37. The molecular formula is C10H18O3. The Balaban J connectivity index is 2.56. The van der Waals surface area contributed by atoms with E-state index >= 15 is 0 Å². The maximum atomic E-state index is 9.67. The Bertz CT molecular complexity index is 198. The van der Waals surface area contributed by atoms with E-state index in [2.05, 4.69) is 6.58 Å². The van der Waals surface area contributed by atoms with E-state index in [-0.39, 0.29) is 12.5 Å². The highest BCUT2D eigenvalue weighted by molar-refractivity contribution is 5.05. The van der Waals surface area contributed by atoms with E-state index in [1.807, 2.05) is 0 Å². The summed E-state index contributed by atoms with van der Waals surface area (Å²) in [5.41, 5.74) is -0.207. The van der Waals surface area contributed by atoms with Crippen LogP contribution in [-0.2, 0) is 0 Å². The maximum absolute atomic E-state index is 9.67. The maximum Gasteiger partial charge on any atom is 0.0877 e. The van der Waals surface area contributed by atoms with Gasteiger partial charge in [0.25, 0.3) is 0 Å². The fourth-order valence-electron chi connectivity index (χ4n) is 1.77. The zero-order chi connectivity index (χ0) is 10.1. The second-order valence-corrected chi connectivity index (χ2v) is 4.16. The second kappa shape index (κ2) is 3.78. The first-order valence-electron chi connectivity index (χ1n) is 4.66. The van der Waals surface area contributed by atoms with E-state index in [0.717, 1.165) is 12.0 Å². The van der Waals surface area contributed by atoms with Crippen LogP contribution >= 0.6 is 0 Å². The van der Waals surface area contributed by atoms with Gasteiger partial charge in [0.05, 0.1) is 18.3 Å². The predicted octanol–water partition coefficient (Wildman–Crippen LogP) is 0.447. The SMILES string of the molecule is C=C(CO)[C@H]1CCC(C)(O)C(O)C1. The zero-order valence-corrected chi connectivity index (χ0v) is 8.03. The van der Waals surface area contributed by atoms with Gasteiger partial charge in [-0.25, -0.2) is 0 Å². The molecule has 0 aliphatic heterocycles. The van der Waals surface area contributed by atoms with Gasteiger partial charge >= 0.3 is 0 Å². The van der Waals surface area contributed by atoms with Crippen molar-refractivity contribution in [1.82, 2.24) is 0 Å². The molecule has 3 atom stereocenters. The third kappa shape index (κ3) is 2.30. The largest absolute Gasteiger partial charge is 0.392 e. The molecule has 1 aliphatic carbocycles. The van der Waals surface area contributed by atoms with Crippen LogP contribution in [0.3, 0.4) is 0 Å². The highest BCUT2D eigenvalue weighted by Crippen LogP contribution is 2.34. The van der Waals surface area contributed by atoms with Crippen molar-refractivity contribution >= 4 is 0 Å². The summed E-state index contributed by atoms with van der Waals surface area (Å²) in [4.78, 5) is 0. The summed E-state index contributed by atoms with van der Waals surface area (Å²) in [6, 6.07) is 0. The number of aliphatic hydroxyl groups excluding tert-OH is 2. The molecule has 3 heteroatoms. The molecule has 76 valence electrons. The van der Waals surface area contributed by atoms with Crippen LogP contribution in [0.1, 0.15) is 26.2 Å². The van der Waals surface area contributed by atoms with Gasteiger partial charge in [-0.2, -0.15) is 0 Å². The molecule has 3 nitrogen and oxygen atoms in total. The molecule has 1 rings (SSSR count).